The molecule has 4 rings (SSSR count). The lowest BCUT2D eigenvalue weighted by molar-refractivity contribution is 0.0765. The average molecular weight is 353 g/mol. The van der Waals surface area contributed by atoms with Gasteiger partial charge in [0.25, 0.3) is 5.91 Å². The highest BCUT2D eigenvalue weighted by Gasteiger charge is 2.30. The number of aliphatic imine (C=N–C) groups is 1. The van der Waals surface area contributed by atoms with Gasteiger partial charge in [-0.2, -0.15) is 0 Å². The number of amides is 1. The Morgan fingerprint density at radius 3 is 2.80 bits per heavy atom. The Morgan fingerprint density at radius 2 is 2.00 bits per heavy atom. The van der Waals surface area contributed by atoms with Crippen LogP contribution in [0.1, 0.15) is 28.2 Å². The molecule has 6 heteroatoms. The standard InChI is InChI=1S/C19H17ClN4O/c1-12-4-2-5-15(16(12)20)19(25)24-9-6-14-13(11-24)10-23-17(14)18-21-7-3-8-22-18/h2-5,7-8H,6,9-11H2,1H3. The Morgan fingerprint density at radius 1 is 1.20 bits per heavy atom. The first kappa shape index (κ1) is 16.0. The van der Waals surface area contributed by atoms with Crippen LogP contribution >= 0.6 is 11.6 Å². The van der Waals surface area contributed by atoms with Crippen LogP contribution < -0.4 is 0 Å². The summed E-state index contributed by atoms with van der Waals surface area (Å²) < 4.78 is 0. The maximum absolute atomic E-state index is 12.9. The first-order valence-electron chi connectivity index (χ1n) is 8.22. The van der Waals surface area contributed by atoms with E-state index in [0.29, 0.717) is 36.0 Å². The maximum Gasteiger partial charge on any atom is 0.255 e. The highest BCUT2D eigenvalue weighted by Crippen LogP contribution is 2.29. The summed E-state index contributed by atoms with van der Waals surface area (Å²) in [7, 11) is 0. The maximum atomic E-state index is 12.9. The molecule has 0 fully saturated rings. The summed E-state index contributed by atoms with van der Waals surface area (Å²) in [6, 6.07) is 7.36. The first-order chi connectivity index (χ1) is 12.1. The molecule has 5 nitrogen and oxygen atoms in total. The third kappa shape index (κ3) is 2.85. The summed E-state index contributed by atoms with van der Waals surface area (Å²) in [6.07, 6.45) is 4.21. The number of hydrogen-bond donors (Lipinski definition) is 0. The predicted octanol–water partition coefficient (Wildman–Crippen LogP) is 3.08. The molecular weight excluding hydrogens is 336 g/mol. The molecule has 0 bridgehead atoms. The van der Waals surface area contributed by atoms with Gasteiger partial charge in [0.15, 0.2) is 5.82 Å². The monoisotopic (exact) mass is 352 g/mol. The zero-order chi connectivity index (χ0) is 17.4. The van der Waals surface area contributed by atoms with Crippen LogP contribution in [0, 0.1) is 6.92 Å². The van der Waals surface area contributed by atoms with Gasteiger partial charge in [-0.1, -0.05) is 23.7 Å². The van der Waals surface area contributed by atoms with E-state index in [0.717, 1.165) is 17.7 Å². The highest BCUT2D eigenvalue weighted by atomic mass is 35.5. The largest absolute Gasteiger partial charge is 0.334 e. The molecule has 0 aliphatic carbocycles. The predicted molar refractivity (Wildman–Crippen MR) is 97.2 cm³/mol. The SMILES string of the molecule is Cc1cccc(C(=O)N2CCC3=C(CN=C3c3ncccn3)C2)c1Cl. The van der Waals surface area contributed by atoms with Crippen molar-refractivity contribution in [1.82, 2.24) is 14.9 Å². The van der Waals surface area contributed by atoms with Gasteiger partial charge >= 0.3 is 0 Å². The summed E-state index contributed by atoms with van der Waals surface area (Å²) in [5.74, 6) is 0.638. The molecule has 0 saturated heterocycles. The minimum atomic E-state index is -0.0235. The molecule has 0 N–H and O–H groups in total. The van der Waals surface area contributed by atoms with Gasteiger partial charge in [0, 0.05) is 25.5 Å². The topological polar surface area (TPSA) is 58.5 Å². The number of rotatable bonds is 2. The van der Waals surface area contributed by atoms with Crippen molar-refractivity contribution < 1.29 is 4.79 Å². The molecule has 0 saturated carbocycles. The summed E-state index contributed by atoms with van der Waals surface area (Å²) >= 11 is 6.32. The molecule has 0 radical (unpaired) electrons. The van der Waals surface area contributed by atoms with Crippen LogP contribution in [0.4, 0.5) is 0 Å². The lowest BCUT2D eigenvalue weighted by Gasteiger charge is -2.29. The van der Waals surface area contributed by atoms with Crippen LogP contribution in [0.25, 0.3) is 0 Å². The molecule has 0 atom stereocenters. The van der Waals surface area contributed by atoms with Crippen molar-refractivity contribution in [2.24, 2.45) is 4.99 Å². The summed E-state index contributed by atoms with van der Waals surface area (Å²) in [5, 5.41) is 0.535. The Bertz CT molecular complexity index is 905. The molecular formula is C19H17ClN4O. The van der Waals surface area contributed by atoms with Gasteiger partial charge in [0.1, 0.15) is 5.71 Å². The second-order valence-electron chi connectivity index (χ2n) is 6.23. The summed E-state index contributed by atoms with van der Waals surface area (Å²) in [4.78, 5) is 27.9. The van der Waals surface area contributed by atoms with E-state index in [9.17, 15) is 4.79 Å². The molecule has 3 heterocycles. The van der Waals surface area contributed by atoms with Crippen molar-refractivity contribution in [3.8, 4) is 0 Å². The zero-order valence-corrected chi connectivity index (χ0v) is 14.6. The van der Waals surface area contributed by atoms with Gasteiger partial charge in [-0.05, 0) is 42.2 Å². The molecule has 2 aliphatic heterocycles. The lowest BCUT2D eigenvalue weighted by atomic mass is 9.97. The van der Waals surface area contributed by atoms with Crippen LogP contribution in [0.2, 0.25) is 5.02 Å². The second-order valence-corrected chi connectivity index (χ2v) is 6.61. The van der Waals surface area contributed by atoms with Crippen LogP contribution in [-0.2, 0) is 0 Å². The van der Waals surface area contributed by atoms with E-state index in [1.54, 1.807) is 24.5 Å². The third-order valence-electron chi connectivity index (χ3n) is 4.64. The molecule has 1 aromatic heterocycles. The fraction of sp³-hybridized carbons (Fsp3) is 0.263. The molecule has 25 heavy (non-hydrogen) atoms. The van der Waals surface area contributed by atoms with Crippen molar-refractivity contribution in [3.05, 3.63) is 69.8 Å². The van der Waals surface area contributed by atoms with E-state index in [1.165, 1.54) is 11.1 Å². The van der Waals surface area contributed by atoms with Gasteiger partial charge in [-0.25, -0.2) is 9.97 Å². The minimum Gasteiger partial charge on any atom is -0.334 e. The number of benzene rings is 1. The molecule has 1 aromatic carbocycles. The van der Waals surface area contributed by atoms with Crippen LogP contribution in [-0.4, -0.2) is 46.1 Å². The molecule has 1 amide bonds. The van der Waals surface area contributed by atoms with E-state index in [4.69, 9.17) is 11.6 Å². The minimum absolute atomic E-state index is 0.0235. The molecule has 126 valence electrons. The Labute approximate surface area is 151 Å². The number of carbonyl (C=O) groups excluding carboxylic acids is 1. The fourth-order valence-corrected chi connectivity index (χ4v) is 3.52. The van der Waals surface area contributed by atoms with Crippen molar-refractivity contribution in [3.63, 3.8) is 0 Å². The summed E-state index contributed by atoms with van der Waals surface area (Å²) in [6.45, 7) is 3.74. The van der Waals surface area contributed by atoms with Crippen molar-refractivity contribution in [1.29, 1.82) is 0 Å². The lowest BCUT2D eigenvalue weighted by Crippen LogP contribution is -2.38. The molecule has 2 aliphatic rings. The van der Waals surface area contributed by atoms with Gasteiger partial charge in [-0.15, -0.1) is 0 Å². The Hall–Kier alpha value is -2.53. The third-order valence-corrected chi connectivity index (χ3v) is 5.14. The number of nitrogens with zero attached hydrogens (tertiary/aromatic N) is 4. The van der Waals surface area contributed by atoms with E-state index < -0.39 is 0 Å². The van der Waals surface area contributed by atoms with Gasteiger partial charge in [0.2, 0.25) is 0 Å². The van der Waals surface area contributed by atoms with Crippen LogP contribution in [0.3, 0.4) is 0 Å². The fourth-order valence-electron chi connectivity index (χ4n) is 3.31. The number of carbonyl (C=O) groups is 1. The Kier molecular flexibility index (Phi) is 4.09. The van der Waals surface area contributed by atoms with Gasteiger partial charge in [-0.3, -0.25) is 9.79 Å². The van der Waals surface area contributed by atoms with Crippen molar-refractivity contribution in [2.45, 2.75) is 13.3 Å². The smallest absolute Gasteiger partial charge is 0.255 e. The molecule has 2 aromatic rings. The number of aryl methyl sites for hydroxylation is 1. The van der Waals surface area contributed by atoms with E-state index in [2.05, 4.69) is 15.0 Å². The average Bonchev–Trinajstić information content (AvgIpc) is 3.07. The molecule has 0 spiro atoms. The van der Waals surface area contributed by atoms with E-state index in [-0.39, 0.29) is 5.91 Å². The van der Waals surface area contributed by atoms with Crippen molar-refractivity contribution in [2.75, 3.05) is 19.6 Å². The van der Waals surface area contributed by atoms with Gasteiger partial charge < -0.3 is 4.90 Å². The number of aromatic nitrogens is 2. The number of halogens is 1. The summed E-state index contributed by atoms with van der Waals surface area (Å²) in [5.41, 5.74) is 4.71. The van der Waals surface area contributed by atoms with Crippen LogP contribution in [0.15, 0.2) is 52.8 Å². The van der Waals surface area contributed by atoms with Crippen LogP contribution in [0.5, 0.6) is 0 Å². The molecule has 0 unspecified atom stereocenters. The zero-order valence-electron chi connectivity index (χ0n) is 13.9. The highest BCUT2D eigenvalue weighted by molar-refractivity contribution is 6.34. The Balaban J connectivity index is 1.57. The first-order valence-corrected chi connectivity index (χ1v) is 8.60. The van der Waals surface area contributed by atoms with Crippen molar-refractivity contribution >= 4 is 23.2 Å². The van der Waals surface area contributed by atoms with Gasteiger partial charge in [0.05, 0.1) is 17.1 Å². The normalized spacial score (nSPS) is 16.7. The van der Waals surface area contributed by atoms with E-state index in [1.807, 2.05) is 24.0 Å². The van der Waals surface area contributed by atoms with E-state index >= 15 is 0 Å². The quantitative estimate of drug-likeness (QED) is 0.834. The second kappa shape index (κ2) is 6.41. The number of hydrogen-bond acceptors (Lipinski definition) is 4.